The number of hydrogen-bond donors (Lipinski definition) is 1. The van der Waals surface area contributed by atoms with Gasteiger partial charge in [-0.05, 0) is 43.9 Å². The van der Waals surface area contributed by atoms with Gasteiger partial charge in [-0.15, -0.1) is 0 Å². The molecule has 4 aromatic rings. The molecule has 1 aliphatic rings. The van der Waals surface area contributed by atoms with Crippen LogP contribution >= 0.6 is 0 Å². The molecule has 1 aliphatic heterocycles. The lowest BCUT2D eigenvalue weighted by Crippen LogP contribution is -2.43. The molecule has 1 saturated heterocycles. The molecule has 1 unspecified atom stereocenters. The number of anilines is 1. The Labute approximate surface area is 194 Å². The van der Waals surface area contributed by atoms with Crippen molar-refractivity contribution in [3.8, 4) is 11.3 Å². The Morgan fingerprint density at radius 2 is 1.97 bits per heavy atom. The molecule has 1 amide bonds. The standard InChI is InChI=1S/C27H29N5O/c1-19-10-11-23(20(2)15-19)24-16-25-26(28-12-14-32(25)30-24)31-13-6-9-22(18-31)27(33)29-17-21-7-4-3-5-8-21/h3-5,7-8,10-12,14-16,22H,6,9,13,17-18H2,1-2H3,(H,29,33). The number of nitrogens with one attached hydrogen (secondary N) is 1. The number of aromatic nitrogens is 3. The van der Waals surface area contributed by atoms with E-state index in [1.165, 1.54) is 11.1 Å². The summed E-state index contributed by atoms with van der Waals surface area (Å²) in [6.07, 6.45) is 5.54. The lowest BCUT2D eigenvalue weighted by molar-refractivity contribution is -0.125. The van der Waals surface area contributed by atoms with E-state index in [2.05, 4.69) is 48.3 Å². The number of hydrogen-bond acceptors (Lipinski definition) is 4. The molecule has 33 heavy (non-hydrogen) atoms. The summed E-state index contributed by atoms with van der Waals surface area (Å²) in [5, 5.41) is 7.93. The van der Waals surface area contributed by atoms with Crippen molar-refractivity contribution in [3.05, 3.63) is 83.7 Å². The lowest BCUT2D eigenvalue weighted by Gasteiger charge is -2.33. The van der Waals surface area contributed by atoms with Gasteiger partial charge in [0.05, 0.1) is 11.6 Å². The Hall–Kier alpha value is -3.67. The number of rotatable bonds is 5. The summed E-state index contributed by atoms with van der Waals surface area (Å²) in [6.45, 7) is 6.34. The van der Waals surface area contributed by atoms with Crippen LogP contribution in [0.15, 0.2) is 67.0 Å². The summed E-state index contributed by atoms with van der Waals surface area (Å²) in [6, 6.07) is 18.6. The first-order valence-electron chi connectivity index (χ1n) is 11.6. The first-order valence-corrected chi connectivity index (χ1v) is 11.6. The maximum atomic E-state index is 12.9. The van der Waals surface area contributed by atoms with Crippen molar-refractivity contribution < 1.29 is 4.79 Å². The van der Waals surface area contributed by atoms with Crippen molar-refractivity contribution in [2.24, 2.45) is 5.92 Å². The van der Waals surface area contributed by atoms with Crippen molar-refractivity contribution in [3.63, 3.8) is 0 Å². The van der Waals surface area contributed by atoms with Crippen LogP contribution in [0.25, 0.3) is 16.8 Å². The number of fused-ring (bicyclic) bond motifs is 1. The van der Waals surface area contributed by atoms with Crippen LogP contribution in [0.5, 0.6) is 0 Å². The van der Waals surface area contributed by atoms with Crippen LogP contribution in [-0.2, 0) is 11.3 Å². The molecule has 1 atom stereocenters. The van der Waals surface area contributed by atoms with Crippen LogP contribution in [0, 0.1) is 19.8 Å². The van der Waals surface area contributed by atoms with E-state index in [1.54, 1.807) is 6.20 Å². The fraction of sp³-hybridized carbons (Fsp3) is 0.296. The average molecular weight is 440 g/mol. The zero-order valence-corrected chi connectivity index (χ0v) is 19.2. The number of carbonyl (C=O) groups is 1. The molecule has 0 aliphatic carbocycles. The predicted octanol–water partition coefficient (Wildman–Crippen LogP) is 4.55. The maximum absolute atomic E-state index is 12.9. The smallest absolute Gasteiger partial charge is 0.225 e. The Kier molecular flexibility index (Phi) is 5.82. The zero-order valence-electron chi connectivity index (χ0n) is 19.2. The fourth-order valence-electron chi connectivity index (χ4n) is 4.70. The summed E-state index contributed by atoms with van der Waals surface area (Å²) in [4.78, 5) is 19.8. The minimum Gasteiger partial charge on any atom is -0.354 e. The molecular formula is C27H29N5O. The van der Waals surface area contributed by atoms with Gasteiger partial charge in [0.1, 0.15) is 5.52 Å². The summed E-state index contributed by atoms with van der Waals surface area (Å²) < 4.78 is 1.90. The topological polar surface area (TPSA) is 62.5 Å². The highest BCUT2D eigenvalue weighted by molar-refractivity contribution is 5.81. The number of carbonyl (C=O) groups excluding carboxylic acids is 1. The second-order valence-electron chi connectivity index (χ2n) is 8.92. The molecule has 6 heteroatoms. The largest absolute Gasteiger partial charge is 0.354 e. The summed E-state index contributed by atoms with van der Waals surface area (Å²) in [5.74, 6) is 0.952. The van der Waals surface area contributed by atoms with Crippen LogP contribution in [0.3, 0.4) is 0 Å². The van der Waals surface area contributed by atoms with Crippen LogP contribution < -0.4 is 10.2 Å². The van der Waals surface area contributed by atoms with Gasteiger partial charge in [-0.25, -0.2) is 9.50 Å². The summed E-state index contributed by atoms with van der Waals surface area (Å²) in [7, 11) is 0. The highest BCUT2D eigenvalue weighted by atomic mass is 16.1. The van der Waals surface area contributed by atoms with E-state index in [0.29, 0.717) is 13.1 Å². The molecule has 0 bridgehead atoms. The SMILES string of the molecule is Cc1ccc(-c2cc3c(N4CCCC(C(=O)NCc5ccccc5)C4)nccn3n2)c(C)c1. The molecule has 0 radical (unpaired) electrons. The molecule has 6 nitrogen and oxygen atoms in total. The molecule has 2 aromatic carbocycles. The van der Waals surface area contributed by atoms with Gasteiger partial charge >= 0.3 is 0 Å². The molecule has 168 valence electrons. The summed E-state index contributed by atoms with van der Waals surface area (Å²) >= 11 is 0. The number of piperidine rings is 1. The van der Waals surface area contributed by atoms with Gasteiger partial charge in [0.15, 0.2) is 5.82 Å². The number of nitrogens with zero attached hydrogens (tertiary/aromatic N) is 4. The van der Waals surface area contributed by atoms with Gasteiger partial charge in [-0.2, -0.15) is 5.10 Å². The fourth-order valence-corrected chi connectivity index (χ4v) is 4.70. The highest BCUT2D eigenvalue weighted by Gasteiger charge is 2.27. The van der Waals surface area contributed by atoms with Crippen LogP contribution in [0.2, 0.25) is 0 Å². The van der Waals surface area contributed by atoms with Crippen molar-refractivity contribution in [2.45, 2.75) is 33.2 Å². The van der Waals surface area contributed by atoms with Gasteiger partial charge in [0, 0.05) is 37.6 Å². The molecule has 0 spiro atoms. The minimum atomic E-state index is -0.0498. The third-order valence-electron chi connectivity index (χ3n) is 6.43. The quantitative estimate of drug-likeness (QED) is 0.496. The molecule has 0 saturated carbocycles. The molecule has 2 aromatic heterocycles. The van der Waals surface area contributed by atoms with Gasteiger partial charge in [-0.1, -0.05) is 54.1 Å². The number of amides is 1. The van der Waals surface area contributed by atoms with E-state index in [-0.39, 0.29) is 11.8 Å². The zero-order chi connectivity index (χ0) is 22.8. The van der Waals surface area contributed by atoms with Crippen LogP contribution in [0.4, 0.5) is 5.82 Å². The molecule has 1 fully saturated rings. The number of aryl methyl sites for hydroxylation is 2. The molecule has 5 rings (SSSR count). The third kappa shape index (κ3) is 4.46. The highest BCUT2D eigenvalue weighted by Crippen LogP contribution is 2.30. The van der Waals surface area contributed by atoms with E-state index in [4.69, 9.17) is 10.1 Å². The Morgan fingerprint density at radius 1 is 1.12 bits per heavy atom. The average Bonchev–Trinajstić information content (AvgIpc) is 3.27. The van der Waals surface area contributed by atoms with Crippen molar-refractivity contribution in [1.82, 2.24) is 19.9 Å². The number of benzene rings is 2. The summed E-state index contributed by atoms with van der Waals surface area (Å²) in [5.41, 5.74) is 6.61. The van der Waals surface area contributed by atoms with Crippen LogP contribution in [0.1, 0.15) is 29.5 Å². The van der Waals surface area contributed by atoms with Crippen molar-refractivity contribution >= 4 is 17.2 Å². The monoisotopic (exact) mass is 439 g/mol. The molecular weight excluding hydrogens is 410 g/mol. The Balaban J connectivity index is 1.36. The third-order valence-corrected chi connectivity index (χ3v) is 6.43. The molecule has 1 N–H and O–H groups in total. The second-order valence-corrected chi connectivity index (χ2v) is 8.92. The minimum absolute atomic E-state index is 0.0498. The van der Waals surface area contributed by atoms with E-state index in [1.807, 2.05) is 41.0 Å². The van der Waals surface area contributed by atoms with Crippen molar-refractivity contribution in [1.29, 1.82) is 0 Å². The Bertz CT molecular complexity index is 1280. The van der Waals surface area contributed by atoms with E-state index in [0.717, 1.165) is 47.5 Å². The Morgan fingerprint density at radius 3 is 2.79 bits per heavy atom. The molecule has 3 heterocycles. The van der Waals surface area contributed by atoms with Gasteiger partial charge in [0.2, 0.25) is 5.91 Å². The predicted molar refractivity (Wildman–Crippen MR) is 131 cm³/mol. The first kappa shape index (κ1) is 21.2. The van der Waals surface area contributed by atoms with Crippen LogP contribution in [-0.4, -0.2) is 33.6 Å². The lowest BCUT2D eigenvalue weighted by atomic mass is 9.97. The van der Waals surface area contributed by atoms with Gasteiger partial charge < -0.3 is 10.2 Å². The maximum Gasteiger partial charge on any atom is 0.225 e. The normalized spacial score (nSPS) is 16.2. The van der Waals surface area contributed by atoms with Gasteiger partial charge in [0.25, 0.3) is 0 Å². The van der Waals surface area contributed by atoms with E-state index in [9.17, 15) is 4.79 Å². The van der Waals surface area contributed by atoms with Gasteiger partial charge in [-0.3, -0.25) is 4.79 Å². The van der Waals surface area contributed by atoms with Crippen molar-refractivity contribution in [2.75, 3.05) is 18.0 Å². The van der Waals surface area contributed by atoms with E-state index < -0.39 is 0 Å². The van der Waals surface area contributed by atoms with E-state index >= 15 is 0 Å². The second kappa shape index (κ2) is 9.06. The first-order chi connectivity index (χ1) is 16.1.